The normalized spacial score (nSPS) is 11.4. The van der Waals surface area contributed by atoms with Crippen molar-refractivity contribution in [3.8, 4) is 0 Å². The minimum absolute atomic E-state index is 0.0137. The third kappa shape index (κ3) is 4.06. The van der Waals surface area contributed by atoms with Crippen LogP contribution in [0.3, 0.4) is 0 Å². The Morgan fingerprint density at radius 2 is 1.80 bits per heavy atom. The number of carbonyl (C=O) groups is 1. The number of nitrogens with one attached hydrogen (secondary N) is 1. The molecule has 0 radical (unpaired) electrons. The highest BCUT2D eigenvalue weighted by Crippen LogP contribution is 2.23. The number of sulfone groups is 1. The molecule has 0 saturated carbocycles. The molecule has 2 rings (SSSR count). The van der Waals surface area contributed by atoms with E-state index in [1.165, 1.54) is 18.2 Å². The largest absolute Gasteiger partial charge is 0.354 e. The molecule has 7 heteroatoms. The van der Waals surface area contributed by atoms with Gasteiger partial charge in [0, 0.05) is 6.07 Å². The summed E-state index contributed by atoms with van der Waals surface area (Å²) in [7, 11) is -3.99. The van der Waals surface area contributed by atoms with Crippen molar-refractivity contribution in [2.45, 2.75) is 31.6 Å². The second-order valence-electron chi connectivity index (χ2n) is 5.96. The van der Waals surface area contributed by atoms with Crippen LogP contribution in [0.1, 0.15) is 38.0 Å². The van der Waals surface area contributed by atoms with E-state index in [1.807, 2.05) is 13.8 Å². The first-order valence-corrected chi connectivity index (χ1v) is 9.09. The highest BCUT2D eigenvalue weighted by molar-refractivity contribution is 7.96. The van der Waals surface area contributed by atoms with Gasteiger partial charge in [-0.2, -0.15) is 0 Å². The Balaban J connectivity index is 2.19. The quantitative estimate of drug-likeness (QED) is 0.792. The van der Waals surface area contributed by atoms with Gasteiger partial charge in [-0.05, 0) is 36.1 Å². The fourth-order valence-electron chi connectivity index (χ4n) is 2.02. The Labute approximate surface area is 147 Å². The van der Waals surface area contributed by atoms with Gasteiger partial charge in [-0.3, -0.25) is 4.79 Å². The second-order valence-corrected chi connectivity index (χ2v) is 7.93. The average molecular weight is 360 g/mol. The van der Waals surface area contributed by atoms with Crippen LogP contribution in [-0.4, -0.2) is 19.5 Å². The first kappa shape index (κ1) is 18.7. The van der Waals surface area contributed by atoms with Crippen molar-refractivity contribution in [1.82, 2.24) is 5.16 Å². The maximum Gasteiger partial charge on any atom is 0.268 e. The molecule has 0 unspecified atom stereocenters. The average Bonchev–Trinajstić information content (AvgIpc) is 3.02. The van der Waals surface area contributed by atoms with Crippen molar-refractivity contribution in [3.05, 3.63) is 59.7 Å². The number of hydrogen-bond acceptors (Lipinski definition) is 5. The summed E-state index contributed by atoms with van der Waals surface area (Å²) in [6.07, 6.45) is 0. The lowest BCUT2D eigenvalue weighted by Crippen LogP contribution is -2.20. The van der Waals surface area contributed by atoms with Crippen LogP contribution in [0.2, 0.25) is 0 Å². The molecule has 1 aromatic heterocycles. The summed E-state index contributed by atoms with van der Waals surface area (Å²) in [5.74, 6) is -0.102. The first-order chi connectivity index (χ1) is 11.6. The molecule has 1 amide bonds. The lowest BCUT2D eigenvalue weighted by molar-refractivity contribution is -0.112. The molecule has 0 bridgehead atoms. The Morgan fingerprint density at radius 1 is 1.20 bits per heavy atom. The number of anilines is 1. The Bertz CT molecular complexity index is 922. The summed E-state index contributed by atoms with van der Waals surface area (Å²) < 4.78 is 30.0. The number of carbonyl (C=O) groups excluding carboxylic acids is 1. The fraction of sp³-hybridized carbons (Fsp3) is 0.222. The zero-order valence-electron chi connectivity index (χ0n) is 14.4. The van der Waals surface area contributed by atoms with E-state index in [0.717, 1.165) is 5.56 Å². The van der Waals surface area contributed by atoms with Crippen LogP contribution in [0.25, 0.3) is 5.57 Å². The van der Waals surface area contributed by atoms with Crippen LogP contribution < -0.4 is 5.32 Å². The second kappa shape index (κ2) is 7.06. The van der Waals surface area contributed by atoms with Crippen LogP contribution in [-0.2, 0) is 14.6 Å². The summed E-state index contributed by atoms with van der Waals surface area (Å²) in [6.45, 7) is 12.8. The molecule has 1 aromatic carbocycles. The molecule has 0 aliphatic heterocycles. The Hall–Kier alpha value is -2.67. The number of aromatic nitrogens is 1. The summed E-state index contributed by atoms with van der Waals surface area (Å²) >= 11 is 0. The number of nitrogens with zero attached hydrogens (tertiary/aromatic N) is 1. The van der Waals surface area contributed by atoms with Crippen LogP contribution in [0.5, 0.6) is 0 Å². The lowest BCUT2D eigenvalue weighted by atomic mass is 10.0. The molecule has 0 spiro atoms. The van der Waals surface area contributed by atoms with Crippen LogP contribution in [0.4, 0.5) is 5.82 Å². The highest BCUT2D eigenvalue weighted by Gasteiger charge is 2.26. The molecule has 25 heavy (non-hydrogen) atoms. The minimum Gasteiger partial charge on any atom is -0.354 e. The van der Waals surface area contributed by atoms with Crippen molar-refractivity contribution < 1.29 is 17.7 Å². The molecule has 0 atom stereocenters. The van der Waals surface area contributed by atoms with E-state index in [9.17, 15) is 13.2 Å². The van der Waals surface area contributed by atoms with Gasteiger partial charge >= 0.3 is 0 Å². The first-order valence-electron chi connectivity index (χ1n) is 7.61. The van der Waals surface area contributed by atoms with Crippen LogP contribution in [0.15, 0.2) is 57.8 Å². The molecular weight excluding hydrogens is 340 g/mol. The number of hydrogen-bond donors (Lipinski definition) is 1. The van der Waals surface area contributed by atoms with Gasteiger partial charge in [-0.15, -0.1) is 0 Å². The van der Waals surface area contributed by atoms with E-state index in [4.69, 9.17) is 4.52 Å². The van der Waals surface area contributed by atoms with Gasteiger partial charge in [-0.25, -0.2) is 8.42 Å². The van der Waals surface area contributed by atoms with Gasteiger partial charge in [0.1, 0.15) is 4.91 Å². The smallest absolute Gasteiger partial charge is 0.268 e. The molecule has 132 valence electrons. The van der Waals surface area contributed by atoms with Crippen molar-refractivity contribution in [2.75, 3.05) is 5.32 Å². The molecule has 6 nitrogen and oxygen atoms in total. The summed E-state index contributed by atoms with van der Waals surface area (Å²) in [5.41, 5.74) is 1.63. The number of allylic oxidation sites excluding steroid dienone is 1. The third-order valence-corrected chi connectivity index (χ3v) is 5.33. The Kier molecular flexibility index (Phi) is 5.27. The molecule has 1 N–H and O–H groups in total. The predicted molar refractivity (Wildman–Crippen MR) is 96.7 cm³/mol. The molecular formula is C18H20N2O4S. The van der Waals surface area contributed by atoms with E-state index >= 15 is 0 Å². The van der Waals surface area contributed by atoms with Crippen molar-refractivity contribution in [2.24, 2.45) is 0 Å². The SMILES string of the molecule is C=C(C)c1cc(NC(=O)C(=C)S(=O)(=O)c2ccc(C(C)C)cc2)no1. The zero-order chi connectivity index (χ0) is 18.8. The third-order valence-electron chi connectivity index (χ3n) is 3.61. The predicted octanol–water partition coefficient (Wildman–Crippen LogP) is 3.76. The molecule has 1 heterocycles. The maximum atomic E-state index is 12.5. The zero-order valence-corrected chi connectivity index (χ0v) is 15.2. The lowest BCUT2D eigenvalue weighted by Gasteiger charge is -2.09. The standard InChI is InChI=1S/C18H20N2O4S/c1-11(2)14-6-8-15(9-7-14)25(22,23)13(5)18(21)19-17-10-16(12(3)4)24-20-17/h6-11H,3,5H2,1-2,4H3,(H,19,20,21). The van der Waals surface area contributed by atoms with Gasteiger partial charge in [-0.1, -0.05) is 44.3 Å². The van der Waals surface area contributed by atoms with Gasteiger partial charge in [0.05, 0.1) is 4.90 Å². The monoisotopic (exact) mass is 360 g/mol. The summed E-state index contributed by atoms with van der Waals surface area (Å²) in [5, 5.41) is 6.00. The van der Waals surface area contributed by atoms with E-state index < -0.39 is 20.6 Å². The number of amides is 1. The van der Waals surface area contributed by atoms with Crippen LogP contribution >= 0.6 is 0 Å². The van der Waals surface area contributed by atoms with E-state index in [0.29, 0.717) is 11.3 Å². The van der Waals surface area contributed by atoms with Gasteiger partial charge < -0.3 is 9.84 Å². The minimum atomic E-state index is -3.99. The van der Waals surface area contributed by atoms with E-state index in [1.54, 1.807) is 19.1 Å². The molecule has 2 aromatic rings. The van der Waals surface area contributed by atoms with Gasteiger partial charge in [0.15, 0.2) is 11.6 Å². The highest BCUT2D eigenvalue weighted by atomic mass is 32.2. The fourth-order valence-corrected chi connectivity index (χ4v) is 3.09. The topological polar surface area (TPSA) is 89.3 Å². The Morgan fingerprint density at radius 3 is 2.28 bits per heavy atom. The number of benzene rings is 1. The maximum absolute atomic E-state index is 12.5. The van der Waals surface area contributed by atoms with Gasteiger partial charge in [0.2, 0.25) is 9.84 Å². The van der Waals surface area contributed by atoms with Gasteiger partial charge in [0.25, 0.3) is 5.91 Å². The van der Waals surface area contributed by atoms with E-state index in [2.05, 4.69) is 23.6 Å². The van der Waals surface area contributed by atoms with E-state index in [-0.39, 0.29) is 16.6 Å². The van der Waals surface area contributed by atoms with Crippen LogP contribution in [0, 0.1) is 0 Å². The molecule has 0 aliphatic carbocycles. The van der Waals surface area contributed by atoms with Crippen molar-refractivity contribution >= 4 is 27.1 Å². The molecule has 0 aliphatic rings. The molecule has 0 saturated heterocycles. The summed E-state index contributed by atoms with van der Waals surface area (Å²) in [4.78, 5) is 11.6. The molecule has 0 fully saturated rings. The van der Waals surface area contributed by atoms with Crippen molar-refractivity contribution in [3.63, 3.8) is 0 Å². The number of rotatable bonds is 6. The van der Waals surface area contributed by atoms with Crippen molar-refractivity contribution in [1.29, 1.82) is 0 Å². The summed E-state index contributed by atoms with van der Waals surface area (Å²) in [6, 6.07) is 7.84.